The normalized spacial score (nSPS) is 18.1. The molecule has 112 valence electrons. The lowest BCUT2D eigenvalue weighted by Crippen LogP contribution is -2.37. The van der Waals surface area contributed by atoms with E-state index in [1.165, 1.54) is 0 Å². The zero-order chi connectivity index (χ0) is 14.5. The van der Waals surface area contributed by atoms with E-state index in [9.17, 15) is 5.11 Å². The molecular weight excluding hydrogens is 276 g/mol. The van der Waals surface area contributed by atoms with Gasteiger partial charge >= 0.3 is 0 Å². The summed E-state index contributed by atoms with van der Waals surface area (Å²) in [5, 5.41) is 13.4. The lowest BCUT2D eigenvalue weighted by atomic mass is 9.92. The van der Waals surface area contributed by atoms with Gasteiger partial charge in [0.2, 0.25) is 5.95 Å². The van der Waals surface area contributed by atoms with Crippen LogP contribution in [-0.4, -0.2) is 40.8 Å². The Morgan fingerprint density at radius 1 is 1.50 bits per heavy atom. The Kier molecular flexibility index (Phi) is 5.43. The molecule has 0 saturated carbocycles. The molecule has 0 bridgehead atoms. The summed E-state index contributed by atoms with van der Waals surface area (Å²) in [5.41, 5.74) is 0. The molecule has 1 aliphatic heterocycles. The molecule has 0 spiro atoms. The van der Waals surface area contributed by atoms with Gasteiger partial charge in [0, 0.05) is 19.6 Å². The molecule has 2 heterocycles. The van der Waals surface area contributed by atoms with E-state index in [4.69, 9.17) is 11.6 Å². The average molecular weight is 299 g/mol. The molecule has 0 amide bonds. The van der Waals surface area contributed by atoms with Crippen LogP contribution >= 0.6 is 11.6 Å². The number of aromatic nitrogens is 2. The molecule has 0 radical (unpaired) electrons. The van der Waals surface area contributed by atoms with Crippen LogP contribution in [0.1, 0.15) is 33.1 Å². The summed E-state index contributed by atoms with van der Waals surface area (Å²) in [5.74, 6) is 1.80. The first-order valence-electron chi connectivity index (χ1n) is 7.31. The second kappa shape index (κ2) is 7.09. The summed E-state index contributed by atoms with van der Waals surface area (Å²) in [4.78, 5) is 10.9. The summed E-state index contributed by atoms with van der Waals surface area (Å²) in [7, 11) is 0. The van der Waals surface area contributed by atoms with E-state index in [0.717, 1.165) is 44.7 Å². The summed E-state index contributed by atoms with van der Waals surface area (Å²) in [6.07, 6.45) is 4.38. The SMILES string of the molecule is CCCNc1ncc(Cl)c(N2CCC(C(C)O)CC2)n1. The minimum absolute atomic E-state index is 0.236. The Hall–Kier alpha value is -1.07. The van der Waals surface area contributed by atoms with Crippen molar-refractivity contribution < 1.29 is 5.11 Å². The number of hydrogen-bond donors (Lipinski definition) is 2. The zero-order valence-electron chi connectivity index (χ0n) is 12.1. The highest BCUT2D eigenvalue weighted by molar-refractivity contribution is 6.32. The van der Waals surface area contributed by atoms with Gasteiger partial charge in [-0.05, 0) is 32.1 Å². The van der Waals surface area contributed by atoms with E-state index in [2.05, 4.69) is 27.1 Å². The third-order valence-electron chi connectivity index (χ3n) is 3.78. The largest absolute Gasteiger partial charge is 0.393 e. The Balaban J connectivity index is 2.05. The van der Waals surface area contributed by atoms with Crippen LogP contribution in [-0.2, 0) is 0 Å². The van der Waals surface area contributed by atoms with Crippen molar-refractivity contribution in [1.29, 1.82) is 0 Å². The summed E-state index contributed by atoms with van der Waals surface area (Å²) in [6, 6.07) is 0. The van der Waals surface area contributed by atoms with Crippen LogP contribution in [0.3, 0.4) is 0 Å². The van der Waals surface area contributed by atoms with Gasteiger partial charge in [-0.3, -0.25) is 0 Å². The van der Waals surface area contributed by atoms with Gasteiger partial charge in [0.1, 0.15) is 5.02 Å². The molecule has 1 saturated heterocycles. The molecule has 0 aliphatic carbocycles. The molecule has 1 atom stereocenters. The molecule has 1 aromatic heterocycles. The molecule has 2 rings (SSSR count). The van der Waals surface area contributed by atoms with Gasteiger partial charge < -0.3 is 15.3 Å². The molecular formula is C14H23ClN4O. The average Bonchev–Trinajstić information content (AvgIpc) is 2.46. The van der Waals surface area contributed by atoms with Crippen molar-refractivity contribution >= 4 is 23.4 Å². The number of hydrogen-bond acceptors (Lipinski definition) is 5. The number of aliphatic hydroxyl groups is 1. The van der Waals surface area contributed by atoms with E-state index in [1.807, 2.05) is 6.92 Å². The van der Waals surface area contributed by atoms with Gasteiger partial charge in [-0.1, -0.05) is 18.5 Å². The van der Waals surface area contributed by atoms with Crippen molar-refractivity contribution in [3.05, 3.63) is 11.2 Å². The van der Waals surface area contributed by atoms with Gasteiger partial charge in [-0.15, -0.1) is 0 Å². The molecule has 2 N–H and O–H groups in total. The minimum Gasteiger partial charge on any atom is -0.393 e. The van der Waals surface area contributed by atoms with Crippen LogP contribution in [0.15, 0.2) is 6.20 Å². The highest BCUT2D eigenvalue weighted by atomic mass is 35.5. The minimum atomic E-state index is -0.236. The fourth-order valence-electron chi connectivity index (χ4n) is 2.50. The van der Waals surface area contributed by atoms with Gasteiger partial charge in [-0.25, -0.2) is 4.98 Å². The van der Waals surface area contributed by atoms with Crippen LogP contribution in [0.2, 0.25) is 5.02 Å². The van der Waals surface area contributed by atoms with E-state index >= 15 is 0 Å². The van der Waals surface area contributed by atoms with E-state index in [0.29, 0.717) is 16.9 Å². The molecule has 1 aromatic rings. The van der Waals surface area contributed by atoms with Crippen molar-refractivity contribution in [2.75, 3.05) is 29.9 Å². The number of aliphatic hydroxyl groups excluding tert-OH is 1. The lowest BCUT2D eigenvalue weighted by Gasteiger charge is -2.34. The highest BCUT2D eigenvalue weighted by Gasteiger charge is 2.24. The molecule has 1 unspecified atom stereocenters. The Morgan fingerprint density at radius 3 is 2.80 bits per heavy atom. The summed E-state index contributed by atoms with van der Waals surface area (Å²) < 4.78 is 0. The first-order chi connectivity index (χ1) is 9.61. The first-order valence-corrected chi connectivity index (χ1v) is 7.69. The molecule has 6 heteroatoms. The Labute approximate surface area is 125 Å². The number of nitrogens with one attached hydrogen (secondary N) is 1. The quantitative estimate of drug-likeness (QED) is 0.875. The van der Waals surface area contributed by atoms with Gasteiger partial charge in [0.25, 0.3) is 0 Å². The lowest BCUT2D eigenvalue weighted by molar-refractivity contribution is 0.110. The van der Waals surface area contributed by atoms with Crippen LogP contribution in [0.25, 0.3) is 0 Å². The van der Waals surface area contributed by atoms with E-state index < -0.39 is 0 Å². The van der Waals surface area contributed by atoms with Crippen molar-refractivity contribution in [3.8, 4) is 0 Å². The summed E-state index contributed by atoms with van der Waals surface area (Å²) in [6.45, 7) is 6.57. The second-order valence-corrected chi connectivity index (χ2v) is 5.76. The maximum Gasteiger partial charge on any atom is 0.224 e. The maximum atomic E-state index is 9.65. The molecule has 0 aromatic carbocycles. The zero-order valence-corrected chi connectivity index (χ0v) is 12.9. The molecule has 1 aliphatic rings. The van der Waals surface area contributed by atoms with Crippen molar-refractivity contribution in [2.24, 2.45) is 5.92 Å². The van der Waals surface area contributed by atoms with Gasteiger partial charge in [0.15, 0.2) is 5.82 Å². The van der Waals surface area contributed by atoms with Crippen LogP contribution in [0.5, 0.6) is 0 Å². The maximum absolute atomic E-state index is 9.65. The van der Waals surface area contributed by atoms with Crippen LogP contribution < -0.4 is 10.2 Å². The molecule has 20 heavy (non-hydrogen) atoms. The monoisotopic (exact) mass is 298 g/mol. The number of piperidine rings is 1. The predicted molar refractivity (Wildman–Crippen MR) is 82.4 cm³/mol. The number of rotatable bonds is 5. The van der Waals surface area contributed by atoms with Crippen LogP contribution in [0, 0.1) is 5.92 Å². The van der Waals surface area contributed by atoms with E-state index in [1.54, 1.807) is 6.20 Å². The summed E-state index contributed by atoms with van der Waals surface area (Å²) >= 11 is 6.22. The van der Waals surface area contributed by atoms with Crippen LogP contribution in [0.4, 0.5) is 11.8 Å². The highest BCUT2D eigenvalue weighted by Crippen LogP contribution is 2.29. The molecule has 1 fully saturated rings. The van der Waals surface area contributed by atoms with Gasteiger partial charge in [0.05, 0.1) is 12.3 Å². The fraction of sp³-hybridized carbons (Fsp3) is 0.714. The smallest absolute Gasteiger partial charge is 0.224 e. The number of nitrogens with zero attached hydrogens (tertiary/aromatic N) is 3. The molecule has 5 nitrogen and oxygen atoms in total. The Bertz CT molecular complexity index is 433. The standard InChI is InChI=1S/C14H23ClN4O/c1-3-6-16-14-17-9-12(15)13(18-14)19-7-4-11(5-8-19)10(2)20/h9-11,20H,3-8H2,1-2H3,(H,16,17,18). The predicted octanol–water partition coefficient (Wildman–Crippen LogP) is 2.55. The van der Waals surface area contributed by atoms with Crippen molar-refractivity contribution in [2.45, 2.75) is 39.2 Å². The van der Waals surface area contributed by atoms with E-state index in [-0.39, 0.29) is 6.10 Å². The second-order valence-electron chi connectivity index (χ2n) is 5.36. The number of halogens is 1. The van der Waals surface area contributed by atoms with Gasteiger partial charge in [-0.2, -0.15) is 4.98 Å². The number of anilines is 2. The third kappa shape index (κ3) is 3.73. The fourth-order valence-corrected chi connectivity index (χ4v) is 2.71. The first kappa shape index (κ1) is 15.3. The van der Waals surface area contributed by atoms with Crippen molar-refractivity contribution in [1.82, 2.24) is 9.97 Å². The van der Waals surface area contributed by atoms with Crippen molar-refractivity contribution in [3.63, 3.8) is 0 Å². The third-order valence-corrected chi connectivity index (χ3v) is 4.05. The Morgan fingerprint density at radius 2 is 2.20 bits per heavy atom. The topological polar surface area (TPSA) is 61.3 Å².